The van der Waals surface area contributed by atoms with Crippen LogP contribution >= 0.6 is 0 Å². The fourth-order valence-corrected chi connectivity index (χ4v) is 2.30. The lowest BCUT2D eigenvalue weighted by molar-refractivity contribution is 0.394. The zero-order chi connectivity index (χ0) is 5.72. The molecule has 0 bridgehead atoms. The van der Waals surface area contributed by atoms with Crippen LogP contribution < -0.4 is 0 Å². The molecule has 8 heavy (non-hydrogen) atoms. The standard InChI is InChI=1S/C8H14/c1-5-3-7-4-8(7)6(5)2/h5-8H,3-4H2,1-2H3/t5-,6?,7?,8?/m1/s1. The molecule has 0 nitrogen and oxygen atoms in total. The molecule has 3 unspecified atom stereocenters. The van der Waals surface area contributed by atoms with Crippen molar-refractivity contribution in [3.63, 3.8) is 0 Å². The van der Waals surface area contributed by atoms with E-state index in [1.165, 1.54) is 12.3 Å². The highest BCUT2D eigenvalue weighted by Crippen LogP contribution is 2.57. The molecule has 2 aliphatic carbocycles. The zero-order valence-electron chi connectivity index (χ0n) is 5.72. The average molecular weight is 110 g/mol. The molecule has 0 aromatic heterocycles. The van der Waals surface area contributed by atoms with Gasteiger partial charge >= 0.3 is 0 Å². The second-order valence-corrected chi connectivity index (χ2v) is 3.73. The van der Waals surface area contributed by atoms with Crippen molar-refractivity contribution in [2.24, 2.45) is 23.7 Å². The van der Waals surface area contributed by atoms with Crippen LogP contribution in [0.4, 0.5) is 0 Å². The first-order valence-corrected chi connectivity index (χ1v) is 3.79. The SMILES string of the molecule is CC1C2CC2C[C@H]1C. The van der Waals surface area contributed by atoms with E-state index in [0.29, 0.717) is 0 Å². The molecule has 0 aliphatic heterocycles. The third-order valence-electron chi connectivity index (χ3n) is 3.22. The molecule has 0 heterocycles. The Hall–Kier alpha value is 0. The van der Waals surface area contributed by atoms with Crippen LogP contribution in [0.3, 0.4) is 0 Å². The number of rotatable bonds is 0. The van der Waals surface area contributed by atoms with E-state index in [1.54, 1.807) is 6.42 Å². The van der Waals surface area contributed by atoms with E-state index in [4.69, 9.17) is 0 Å². The summed E-state index contributed by atoms with van der Waals surface area (Å²) in [5, 5.41) is 0. The number of hydrogen-bond acceptors (Lipinski definition) is 0. The van der Waals surface area contributed by atoms with E-state index in [0.717, 1.165) is 17.8 Å². The molecule has 0 heteroatoms. The fourth-order valence-electron chi connectivity index (χ4n) is 2.30. The van der Waals surface area contributed by atoms with E-state index < -0.39 is 0 Å². The molecule has 4 atom stereocenters. The van der Waals surface area contributed by atoms with Gasteiger partial charge in [0.15, 0.2) is 0 Å². The van der Waals surface area contributed by atoms with Gasteiger partial charge in [0.2, 0.25) is 0 Å². The highest BCUT2D eigenvalue weighted by atomic mass is 14.5. The van der Waals surface area contributed by atoms with Crippen molar-refractivity contribution in [2.45, 2.75) is 26.7 Å². The van der Waals surface area contributed by atoms with E-state index in [-0.39, 0.29) is 0 Å². The number of hydrogen-bond donors (Lipinski definition) is 0. The van der Waals surface area contributed by atoms with Crippen molar-refractivity contribution in [3.05, 3.63) is 0 Å². The molecule has 0 saturated heterocycles. The molecular weight excluding hydrogens is 96.1 g/mol. The van der Waals surface area contributed by atoms with Crippen LogP contribution in [0.2, 0.25) is 0 Å². The molecule has 0 aromatic rings. The second-order valence-electron chi connectivity index (χ2n) is 3.73. The summed E-state index contributed by atoms with van der Waals surface area (Å²) in [5.74, 6) is 4.42. The van der Waals surface area contributed by atoms with Crippen molar-refractivity contribution in [3.8, 4) is 0 Å². The Bertz CT molecular complexity index is 105. The quantitative estimate of drug-likeness (QED) is 0.449. The Labute approximate surface area is 51.3 Å². The predicted molar refractivity (Wildman–Crippen MR) is 34.5 cm³/mol. The molecule has 46 valence electrons. The summed E-state index contributed by atoms with van der Waals surface area (Å²) in [6.45, 7) is 4.82. The van der Waals surface area contributed by atoms with Crippen molar-refractivity contribution in [2.75, 3.05) is 0 Å². The van der Waals surface area contributed by atoms with E-state index in [9.17, 15) is 0 Å². The summed E-state index contributed by atoms with van der Waals surface area (Å²) in [7, 11) is 0. The van der Waals surface area contributed by atoms with Gasteiger partial charge in [0, 0.05) is 0 Å². The van der Waals surface area contributed by atoms with Gasteiger partial charge in [0.05, 0.1) is 0 Å². The Balaban J connectivity index is 2.08. The lowest BCUT2D eigenvalue weighted by Gasteiger charge is -2.10. The minimum atomic E-state index is 1.04. The van der Waals surface area contributed by atoms with Gasteiger partial charge in [-0.25, -0.2) is 0 Å². The summed E-state index contributed by atoms with van der Waals surface area (Å²) in [4.78, 5) is 0. The normalized spacial score (nSPS) is 60.8. The Morgan fingerprint density at radius 2 is 1.88 bits per heavy atom. The molecule has 2 saturated carbocycles. The van der Waals surface area contributed by atoms with Crippen LogP contribution in [0.15, 0.2) is 0 Å². The maximum atomic E-state index is 2.42. The Morgan fingerprint density at radius 1 is 1.12 bits per heavy atom. The van der Waals surface area contributed by atoms with Crippen LogP contribution in [0.5, 0.6) is 0 Å². The molecule has 2 fully saturated rings. The van der Waals surface area contributed by atoms with Gasteiger partial charge in [0.1, 0.15) is 0 Å². The monoisotopic (exact) mass is 110 g/mol. The molecule has 0 radical (unpaired) electrons. The van der Waals surface area contributed by atoms with Crippen LogP contribution in [-0.4, -0.2) is 0 Å². The van der Waals surface area contributed by atoms with E-state index in [1.807, 2.05) is 0 Å². The molecule has 2 rings (SSSR count). The fraction of sp³-hybridized carbons (Fsp3) is 1.00. The molecule has 0 N–H and O–H groups in total. The second kappa shape index (κ2) is 1.29. The van der Waals surface area contributed by atoms with Crippen LogP contribution in [0.1, 0.15) is 26.7 Å². The summed E-state index contributed by atoms with van der Waals surface area (Å²) >= 11 is 0. The molecule has 0 spiro atoms. The summed E-state index contributed by atoms with van der Waals surface area (Å²) in [6.07, 6.45) is 3.09. The molecular formula is C8H14. The largest absolute Gasteiger partial charge is 0.0622 e. The summed E-state index contributed by atoms with van der Waals surface area (Å²) in [6, 6.07) is 0. The number of fused-ring (bicyclic) bond motifs is 1. The molecule has 2 aliphatic rings. The highest BCUT2D eigenvalue weighted by Gasteiger charge is 2.49. The van der Waals surface area contributed by atoms with Gasteiger partial charge in [-0.1, -0.05) is 13.8 Å². The topological polar surface area (TPSA) is 0 Å². The maximum absolute atomic E-state index is 2.42. The lowest BCUT2D eigenvalue weighted by Crippen LogP contribution is -2.02. The highest BCUT2D eigenvalue weighted by molar-refractivity contribution is 4.98. The minimum absolute atomic E-state index is 1.04. The van der Waals surface area contributed by atoms with Crippen molar-refractivity contribution in [1.29, 1.82) is 0 Å². The minimum Gasteiger partial charge on any atom is -0.0622 e. The maximum Gasteiger partial charge on any atom is -0.0355 e. The van der Waals surface area contributed by atoms with Gasteiger partial charge in [0.25, 0.3) is 0 Å². The first-order valence-electron chi connectivity index (χ1n) is 3.79. The third-order valence-corrected chi connectivity index (χ3v) is 3.22. The smallest absolute Gasteiger partial charge is 0.0355 e. The van der Waals surface area contributed by atoms with Gasteiger partial charge in [-0.15, -0.1) is 0 Å². The van der Waals surface area contributed by atoms with Crippen molar-refractivity contribution < 1.29 is 0 Å². The first kappa shape index (κ1) is 4.84. The van der Waals surface area contributed by atoms with Crippen LogP contribution in [0, 0.1) is 23.7 Å². The van der Waals surface area contributed by atoms with Gasteiger partial charge in [-0.05, 0) is 36.5 Å². The lowest BCUT2D eigenvalue weighted by atomic mass is 9.95. The van der Waals surface area contributed by atoms with Crippen LogP contribution in [-0.2, 0) is 0 Å². The predicted octanol–water partition coefficient (Wildman–Crippen LogP) is 2.30. The Morgan fingerprint density at radius 3 is 2.12 bits per heavy atom. The van der Waals surface area contributed by atoms with Crippen LogP contribution in [0.25, 0.3) is 0 Å². The summed E-state index contributed by atoms with van der Waals surface area (Å²) in [5.41, 5.74) is 0. The molecule has 0 aromatic carbocycles. The summed E-state index contributed by atoms with van der Waals surface area (Å²) < 4.78 is 0. The average Bonchev–Trinajstić information content (AvgIpc) is 2.39. The first-order chi connectivity index (χ1) is 3.79. The van der Waals surface area contributed by atoms with Gasteiger partial charge in [-0.3, -0.25) is 0 Å². The van der Waals surface area contributed by atoms with Gasteiger partial charge in [-0.2, -0.15) is 0 Å². The Kier molecular flexibility index (Phi) is 0.778. The van der Waals surface area contributed by atoms with Crippen molar-refractivity contribution in [1.82, 2.24) is 0 Å². The zero-order valence-corrected chi connectivity index (χ0v) is 5.72. The van der Waals surface area contributed by atoms with Gasteiger partial charge < -0.3 is 0 Å². The third kappa shape index (κ3) is 0.463. The van der Waals surface area contributed by atoms with E-state index >= 15 is 0 Å². The molecule has 0 amide bonds. The van der Waals surface area contributed by atoms with Crippen molar-refractivity contribution >= 4 is 0 Å². The van der Waals surface area contributed by atoms with E-state index in [2.05, 4.69) is 13.8 Å².